The quantitative estimate of drug-likeness (QED) is 0.177. The van der Waals surface area contributed by atoms with Crippen LogP contribution in [-0.4, -0.2) is 104 Å². The second-order valence-corrected chi connectivity index (χ2v) is 10.9. The Labute approximate surface area is 272 Å². The molecule has 2 aromatic carbocycles. The van der Waals surface area contributed by atoms with Gasteiger partial charge < -0.3 is 42.5 Å². The Balaban J connectivity index is 1.71. The summed E-state index contributed by atoms with van der Waals surface area (Å²) in [6, 6.07) is 16.5. The molecule has 0 aromatic heterocycles. The van der Waals surface area contributed by atoms with E-state index < -0.39 is 67.2 Å². The molecule has 2 atom stereocenters. The van der Waals surface area contributed by atoms with E-state index in [0.29, 0.717) is 19.4 Å². The third kappa shape index (κ3) is 13.3. The third-order valence-electron chi connectivity index (χ3n) is 7.29. The van der Waals surface area contributed by atoms with E-state index in [1.54, 1.807) is 24.3 Å². The van der Waals surface area contributed by atoms with Gasteiger partial charge in [-0.15, -0.1) is 0 Å². The van der Waals surface area contributed by atoms with Crippen molar-refractivity contribution in [1.82, 2.24) is 36.8 Å². The number of nitrogens with one attached hydrogen (secondary N) is 6. The van der Waals surface area contributed by atoms with Crippen molar-refractivity contribution in [2.45, 2.75) is 37.8 Å². The summed E-state index contributed by atoms with van der Waals surface area (Å²) in [7, 11) is 0. The molecule has 0 radical (unpaired) electrons. The summed E-state index contributed by atoms with van der Waals surface area (Å²) < 4.78 is 0. The summed E-state index contributed by atoms with van der Waals surface area (Å²) in [5, 5.41) is 15.6. The lowest BCUT2D eigenvalue weighted by Gasteiger charge is -2.30. The van der Waals surface area contributed by atoms with Gasteiger partial charge in [-0.2, -0.15) is 0 Å². The number of carbonyl (C=O) groups is 7. The van der Waals surface area contributed by atoms with E-state index in [2.05, 4.69) is 31.9 Å². The van der Waals surface area contributed by atoms with E-state index in [-0.39, 0.29) is 38.4 Å². The number of rotatable bonds is 6. The van der Waals surface area contributed by atoms with Crippen LogP contribution in [0.3, 0.4) is 0 Å². The Morgan fingerprint density at radius 2 is 1.26 bits per heavy atom. The first-order valence-electron chi connectivity index (χ1n) is 15.4. The van der Waals surface area contributed by atoms with Crippen LogP contribution < -0.4 is 37.6 Å². The first-order valence-corrected chi connectivity index (χ1v) is 15.4. The fourth-order valence-electron chi connectivity index (χ4n) is 4.80. The van der Waals surface area contributed by atoms with Gasteiger partial charge in [0, 0.05) is 25.9 Å². The van der Waals surface area contributed by atoms with Crippen LogP contribution in [0.1, 0.15) is 24.0 Å². The van der Waals surface area contributed by atoms with Crippen molar-refractivity contribution >= 4 is 41.4 Å². The molecule has 15 heteroatoms. The van der Waals surface area contributed by atoms with Crippen LogP contribution in [0.4, 0.5) is 0 Å². The Kier molecular flexibility index (Phi) is 14.8. The fourth-order valence-corrected chi connectivity index (χ4v) is 4.80. The van der Waals surface area contributed by atoms with Gasteiger partial charge in [-0.1, -0.05) is 60.7 Å². The number of hydrogen-bond donors (Lipinski definition) is 7. The molecule has 0 aliphatic carbocycles. The molecule has 3 rings (SSSR count). The predicted molar refractivity (Wildman–Crippen MR) is 171 cm³/mol. The molecular formula is C32H42N8O7. The molecule has 47 heavy (non-hydrogen) atoms. The topological polar surface area (TPSA) is 221 Å². The summed E-state index contributed by atoms with van der Waals surface area (Å²) in [5.41, 5.74) is 7.35. The van der Waals surface area contributed by atoms with Crippen LogP contribution in [0.5, 0.6) is 0 Å². The molecule has 1 aliphatic rings. The fraction of sp³-hybridized carbons (Fsp3) is 0.406. The van der Waals surface area contributed by atoms with E-state index in [1.165, 1.54) is 4.90 Å². The van der Waals surface area contributed by atoms with Gasteiger partial charge in [0.25, 0.3) is 0 Å². The summed E-state index contributed by atoms with van der Waals surface area (Å²) in [6.07, 6.45) is 0.948. The lowest BCUT2D eigenvalue weighted by molar-refractivity contribution is -0.139. The third-order valence-corrected chi connectivity index (χ3v) is 7.29. The molecule has 1 heterocycles. The standard InChI is InChI=1S/C32H42N8O7/c33-31(46)25(17-23-10-5-2-6-11-23)40-15-14-35-26(41)12-7-13-34-24(16-22-8-3-1-4-9-22)32(47)39-20-29(44)37-18-27(42)36-19-28(43)38-21-30(40)45/h1-6,8-11,24-25,34H,7,12-21H2,(H2,33,46)(H,35,41)(H,36,42)(H,37,44)(H,38,43)(H,39,47)/t24-,25-/m0/s1. The number of nitrogens with two attached hydrogens (primary N) is 1. The van der Waals surface area contributed by atoms with Crippen molar-refractivity contribution < 1.29 is 33.6 Å². The average molecular weight is 651 g/mol. The summed E-state index contributed by atoms with van der Waals surface area (Å²) in [6.45, 7) is -1.53. The number of hydrogen-bond acceptors (Lipinski definition) is 8. The molecule has 7 amide bonds. The number of benzene rings is 2. The summed E-state index contributed by atoms with van der Waals surface area (Å²) >= 11 is 0. The SMILES string of the molecule is NC(=O)[C@H](Cc1ccccc1)N1CCNC(=O)CCCN[C@@H](Cc2ccccc2)C(=O)NCC(=O)NCC(=O)NCC(=O)NCC1=O. The Morgan fingerprint density at radius 1 is 0.702 bits per heavy atom. The van der Waals surface area contributed by atoms with Crippen LogP contribution in [-0.2, 0) is 46.4 Å². The first kappa shape index (κ1) is 36.2. The highest BCUT2D eigenvalue weighted by molar-refractivity contribution is 5.92. The van der Waals surface area contributed by atoms with Gasteiger partial charge in [-0.05, 0) is 30.5 Å². The Bertz CT molecular complexity index is 1390. The van der Waals surface area contributed by atoms with Crippen molar-refractivity contribution in [2.75, 3.05) is 45.8 Å². The summed E-state index contributed by atoms with van der Waals surface area (Å²) in [5.74, 6) is -4.08. The van der Waals surface area contributed by atoms with Crippen molar-refractivity contribution in [1.29, 1.82) is 0 Å². The maximum absolute atomic E-state index is 13.3. The van der Waals surface area contributed by atoms with Crippen LogP contribution in [0.2, 0.25) is 0 Å². The smallest absolute Gasteiger partial charge is 0.242 e. The van der Waals surface area contributed by atoms with Gasteiger partial charge in [-0.25, -0.2) is 0 Å². The van der Waals surface area contributed by atoms with E-state index in [0.717, 1.165) is 11.1 Å². The van der Waals surface area contributed by atoms with Crippen molar-refractivity contribution in [3.05, 3.63) is 71.8 Å². The zero-order valence-corrected chi connectivity index (χ0v) is 26.1. The molecule has 1 aliphatic heterocycles. The molecular weight excluding hydrogens is 608 g/mol. The zero-order chi connectivity index (χ0) is 34.0. The number of nitrogens with zero attached hydrogens (tertiary/aromatic N) is 1. The highest BCUT2D eigenvalue weighted by atomic mass is 16.2. The van der Waals surface area contributed by atoms with Crippen LogP contribution in [0, 0.1) is 0 Å². The molecule has 8 N–H and O–H groups in total. The molecule has 0 bridgehead atoms. The van der Waals surface area contributed by atoms with E-state index in [1.807, 2.05) is 36.4 Å². The minimum Gasteiger partial charge on any atom is -0.368 e. The van der Waals surface area contributed by atoms with Crippen LogP contribution in [0.15, 0.2) is 60.7 Å². The lowest BCUT2D eigenvalue weighted by atomic mass is 10.0. The highest BCUT2D eigenvalue weighted by Gasteiger charge is 2.29. The van der Waals surface area contributed by atoms with Gasteiger partial charge in [0.15, 0.2) is 0 Å². The highest BCUT2D eigenvalue weighted by Crippen LogP contribution is 2.10. The Hall–Kier alpha value is -5.31. The minimum absolute atomic E-state index is 0.0145. The molecule has 0 saturated carbocycles. The number of primary amides is 1. The number of carbonyl (C=O) groups excluding carboxylic acids is 7. The monoisotopic (exact) mass is 650 g/mol. The molecule has 0 spiro atoms. The van der Waals surface area contributed by atoms with Gasteiger partial charge in [0.1, 0.15) is 6.04 Å². The normalized spacial score (nSPS) is 19.3. The predicted octanol–water partition coefficient (Wildman–Crippen LogP) is -2.51. The molecule has 1 saturated heterocycles. The minimum atomic E-state index is -1.06. The second-order valence-electron chi connectivity index (χ2n) is 10.9. The van der Waals surface area contributed by atoms with Crippen molar-refractivity contribution in [3.8, 4) is 0 Å². The number of amides is 7. The molecule has 15 nitrogen and oxygen atoms in total. The van der Waals surface area contributed by atoms with Gasteiger partial charge in [-0.3, -0.25) is 33.6 Å². The largest absolute Gasteiger partial charge is 0.368 e. The van der Waals surface area contributed by atoms with Gasteiger partial charge in [0.05, 0.1) is 32.2 Å². The summed E-state index contributed by atoms with van der Waals surface area (Å²) in [4.78, 5) is 89.4. The van der Waals surface area contributed by atoms with Crippen LogP contribution >= 0.6 is 0 Å². The first-order chi connectivity index (χ1) is 22.6. The zero-order valence-electron chi connectivity index (χ0n) is 26.1. The molecule has 0 unspecified atom stereocenters. The van der Waals surface area contributed by atoms with Gasteiger partial charge >= 0.3 is 0 Å². The van der Waals surface area contributed by atoms with Gasteiger partial charge in [0.2, 0.25) is 41.4 Å². The average Bonchev–Trinajstić information content (AvgIpc) is 3.07. The van der Waals surface area contributed by atoms with Crippen LogP contribution in [0.25, 0.3) is 0 Å². The van der Waals surface area contributed by atoms with E-state index >= 15 is 0 Å². The molecule has 1 fully saturated rings. The van der Waals surface area contributed by atoms with Crippen molar-refractivity contribution in [2.24, 2.45) is 5.73 Å². The second kappa shape index (κ2) is 19.3. The maximum Gasteiger partial charge on any atom is 0.242 e. The van der Waals surface area contributed by atoms with E-state index in [4.69, 9.17) is 5.73 Å². The lowest BCUT2D eigenvalue weighted by Crippen LogP contribution is -2.54. The maximum atomic E-state index is 13.3. The molecule has 2 aromatic rings. The molecule has 252 valence electrons. The van der Waals surface area contributed by atoms with Crippen molar-refractivity contribution in [3.63, 3.8) is 0 Å². The van der Waals surface area contributed by atoms with E-state index in [9.17, 15) is 33.6 Å². The Morgan fingerprint density at radius 3 is 1.85 bits per heavy atom.